The number of hydrogen-bond donors (Lipinski definition) is 0. The standard InChI is InChI=1S/C17H18OS/c1-13-8-9-17(14(2)10-13)19-12-16(18)11-15-6-4-3-5-7-15/h3-10H,11-12H2,1-2H3. The molecule has 2 rings (SSSR count). The summed E-state index contributed by atoms with van der Waals surface area (Å²) in [7, 11) is 0. The highest BCUT2D eigenvalue weighted by atomic mass is 32.2. The maximum Gasteiger partial charge on any atom is 0.147 e. The molecular formula is C17H18OS. The smallest absolute Gasteiger partial charge is 0.147 e. The second-order valence-electron chi connectivity index (χ2n) is 4.76. The van der Waals surface area contributed by atoms with Crippen molar-refractivity contribution < 1.29 is 4.79 Å². The zero-order valence-corrected chi connectivity index (χ0v) is 12.2. The first-order valence-corrected chi connectivity index (χ1v) is 7.39. The molecule has 0 saturated carbocycles. The zero-order valence-electron chi connectivity index (χ0n) is 11.3. The lowest BCUT2D eigenvalue weighted by molar-refractivity contribution is -0.116. The third-order valence-corrected chi connectivity index (χ3v) is 4.20. The molecule has 98 valence electrons. The number of aryl methyl sites for hydroxylation is 2. The van der Waals surface area contributed by atoms with Crippen LogP contribution in [0.2, 0.25) is 0 Å². The van der Waals surface area contributed by atoms with Gasteiger partial charge in [0, 0.05) is 11.3 Å². The minimum Gasteiger partial charge on any atom is -0.298 e. The molecular weight excluding hydrogens is 252 g/mol. The van der Waals surface area contributed by atoms with E-state index in [1.54, 1.807) is 11.8 Å². The fraction of sp³-hybridized carbons (Fsp3) is 0.235. The van der Waals surface area contributed by atoms with Crippen LogP contribution in [-0.2, 0) is 11.2 Å². The summed E-state index contributed by atoms with van der Waals surface area (Å²) >= 11 is 1.63. The highest BCUT2D eigenvalue weighted by Crippen LogP contribution is 2.23. The van der Waals surface area contributed by atoms with Crippen molar-refractivity contribution in [1.29, 1.82) is 0 Å². The van der Waals surface area contributed by atoms with Crippen molar-refractivity contribution in [3.8, 4) is 0 Å². The third-order valence-electron chi connectivity index (χ3n) is 2.96. The number of carbonyl (C=O) groups is 1. The van der Waals surface area contributed by atoms with Gasteiger partial charge >= 0.3 is 0 Å². The minimum absolute atomic E-state index is 0.274. The lowest BCUT2D eigenvalue weighted by Crippen LogP contribution is -2.05. The van der Waals surface area contributed by atoms with Crippen molar-refractivity contribution in [2.75, 3.05) is 5.75 Å². The molecule has 0 aliphatic rings. The van der Waals surface area contributed by atoms with Crippen LogP contribution >= 0.6 is 11.8 Å². The van der Waals surface area contributed by atoms with Gasteiger partial charge in [0.2, 0.25) is 0 Å². The molecule has 0 aliphatic carbocycles. The normalized spacial score (nSPS) is 10.4. The Morgan fingerprint density at radius 1 is 1.05 bits per heavy atom. The molecule has 0 N–H and O–H groups in total. The van der Waals surface area contributed by atoms with Gasteiger partial charge in [-0.25, -0.2) is 0 Å². The Labute approximate surface area is 119 Å². The molecule has 2 aromatic rings. The number of carbonyl (C=O) groups excluding carboxylic acids is 1. The van der Waals surface area contributed by atoms with Gasteiger partial charge < -0.3 is 0 Å². The molecule has 0 fully saturated rings. The first-order valence-electron chi connectivity index (χ1n) is 6.41. The maximum atomic E-state index is 11.9. The average molecular weight is 270 g/mol. The van der Waals surface area contributed by atoms with E-state index in [4.69, 9.17) is 0 Å². The van der Waals surface area contributed by atoms with Crippen LogP contribution in [0.5, 0.6) is 0 Å². The van der Waals surface area contributed by atoms with E-state index in [1.807, 2.05) is 30.3 Å². The van der Waals surface area contributed by atoms with E-state index >= 15 is 0 Å². The fourth-order valence-electron chi connectivity index (χ4n) is 1.99. The predicted octanol–water partition coefficient (Wildman–Crippen LogP) is 4.21. The zero-order chi connectivity index (χ0) is 13.7. The molecule has 0 aromatic heterocycles. The molecule has 0 spiro atoms. The number of benzene rings is 2. The summed E-state index contributed by atoms with van der Waals surface area (Å²) in [5.74, 6) is 0.815. The average Bonchev–Trinajstić information content (AvgIpc) is 2.39. The summed E-state index contributed by atoms with van der Waals surface area (Å²) in [5, 5.41) is 0. The number of Topliss-reactive ketones (excluding diaryl/α,β-unsaturated/α-hetero) is 1. The van der Waals surface area contributed by atoms with E-state index < -0.39 is 0 Å². The molecule has 1 nitrogen and oxygen atoms in total. The van der Waals surface area contributed by atoms with Crippen molar-refractivity contribution in [3.63, 3.8) is 0 Å². The lowest BCUT2D eigenvalue weighted by Gasteiger charge is -2.06. The van der Waals surface area contributed by atoms with Gasteiger partial charge in [-0.3, -0.25) is 4.79 Å². The Kier molecular flexibility index (Phi) is 4.80. The van der Waals surface area contributed by atoms with E-state index in [0.29, 0.717) is 12.2 Å². The molecule has 0 saturated heterocycles. The van der Waals surface area contributed by atoms with Crippen LogP contribution in [0.1, 0.15) is 16.7 Å². The highest BCUT2D eigenvalue weighted by Gasteiger charge is 2.06. The Hall–Kier alpha value is -1.54. The van der Waals surface area contributed by atoms with Gasteiger partial charge in [0.15, 0.2) is 0 Å². The predicted molar refractivity (Wildman–Crippen MR) is 81.8 cm³/mol. The van der Waals surface area contributed by atoms with Crippen LogP contribution in [0.25, 0.3) is 0 Å². The minimum atomic E-state index is 0.274. The van der Waals surface area contributed by atoms with Gasteiger partial charge in [-0.15, -0.1) is 11.8 Å². The summed E-state index contributed by atoms with van der Waals surface area (Å²) in [4.78, 5) is 13.1. The third kappa shape index (κ3) is 4.25. The van der Waals surface area contributed by atoms with Crippen molar-refractivity contribution >= 4 is 17.5 Å². The Morgan fingerprint density at radius 3 is 2.47 bits per heavy atom. The molecule has 0 unspecified atom stereocenters. The quantitative estimate of drug-likeness (QED) is 0.757. The molecule has 0 radical (unpaired) electrons. The first-order chi connectivity index (χ1) is 9.15. The monoisotopic (exact) mass is 270 g/mol. The van der Waals surface area contributed by atoms with Gasteiger partial charge in [-0.1, -0.05) is 48.0 Å². The Bertz CT molecular complexity index is 561. The number of hydrogen-bond acceptors (Lipinski definition) is 2. The van der Waals surface area contributed by atoms with E-state index in [1.165, 1.54) is 16.0 Å². The first kappa shape index (κ1) is 13.9. The molecule has 2 heteroatoms. The van der Waals surface area contributed by atoms with Gasteiger partial charge in [0.25, 0.3) is 0 Å². The van der Waals surface area contributed by atoms with Crippen LogP contribution in [0.4, 0.5) is 0 Å². The van der Waals surface area contributed by atoms with Crippen LogP contribution in [-0.4, -0.2) is 11.5 Å². The van der Waals surface area contributed by atoms with Crippen molar-refractivity contribution in [2.24, 2.45) is 0 Å². The molecule has 0 heterocycles. The summed E-state index contributed by atoms with van der Waals surface area (Å²) in [6.45, 7) is 4.18. The molecule has 0 bridgehead atoms. The van der Waals surface area contributed by atoms with Crippen molar-refractivity contribution in [1.82, 2.24) is 0 Å². The summed E-state index contributed by atoms with van der Waals surface area (Å²) in [5.41, 5.74) is 3.60. The SMILES string of the molecule is Cc1ccc(SCC(=O)Cc2ccccc2)c(C)c1. The van der Waals surface area contributed by atoms with E-state index in [-0.39, 0.29) is 5.78 Å². The van der Waals surface area contributed by atoms with Crippen LogP contribution in [0, 0.1) is 13.8 Å². The molecule has 19 heavy (non-hydrogen) atoms. The summed E-state index contributed by atoms with van der Waals surface area (Å²) in [6, 6.07) is 16.3. The number of thioether (sulfide) groups is 1. The van der Waals surface area contributed by atoms with E-state index in [9.17, 15) is 4.79 Å². The lowest BCUT2D eigenvalue weighted by atomic mass is 10.1. The van der Waals surface area contributed by atoms with Crippen LogP contribution in [0.15, 0.2) is 53.4 Å². The largest absolute Gasteiger partial charge is 0.298 e. The summed E-state index contributed by atoms with van der Waals surface area (Å²) in [6.07, 6.45) is 0.527. The molecule has 0 aliphatic heterocycles. The highest BCUT2D eigenvalue weighted by molar-refractivity contribution is 8.00. The second kappa shape index (κ2) is 6.58. The Balaban J connectivity index is 1.90. The van der Waals surface area contributed by atoms with Gasteiger partial charge in [0.1, 0.15) is 5.78 Å². The number of rotatable bonds is 5. The fourth-order valence-corrected chi connectivity index (χ4v) is 2.86. The number of ketones is 1. The summed E-state index contributed by atoms with van der Waals surface area (Å²) < 4.78 is 0. The van der Waals surface area contributed by atoms with Gasteiger partial charge in [-0.2, -0.15) is 0 Å². The molecule has 0 amide bonds. The van der Waals surface area contributed by atoms with E-state index in [0.717, 1.165) is 5.56 Å². The van der Waals surface area contributed by atoms with Crippen molar-refractivity contribution in [2.45, 2.75) is 25.2 Å². The maximum absolute atomic E-state index is 11.9. The topological polar surface area (TPSA) is 17.1 Å². The van der Waals surface area contributed by atoms with Crippen LogP contribution in [0.3, 0.4) is 0 Å². The Morgan fingerprint density at radius 2 is 1.79 bits per heavy atom. The molecule has 0 atom stereocenters. The second-order valence-corrected chi connectivity index (χ2v) is 5.78. The van der Waals surface area contributed by atoms with E-state index in [2.05, 4.69) is 32.0 Å². The molecule has 2 aromatic carbocycles. The van der Waals surface area contributed by atoms with Gasteiger partial charge in [0.05, 0.1) is 5.75 Å². The van der Waals surface area contributed by atoms with Crippen LogP contribution < -0.4 is 0 Å². The van der Waals surface area contributed by atoms with Gasteiger partial charge in [-0.05, 0) is 31.0 Å². The van der Waals surface area contributed by atoms with Crippen molar-refractivity contribution in [3.05, 3.63) is 65.2 Å².